The van der Waals surface area contributed by atoms with Crippen molar-refractivity contribution in [3.05, 3.63) is 65.0 Å². The summed E-state index contributed by atoms with van der Waals surface area (Å²) < 4.78 is 78.5. The molecule has 1 aliphatic heterocycles. The van der Waals surface area contributed by atoms with Crippen molar-refractivity contribution in [2.75, 3.05) is 13.1 Å². The van der Waals surface area contributed by atoms with Crippen LogP contribution in [0.15, 0.2) is 47.4 Å². The monoisotopic (exact) mass is 430 g/mol. The zero-order valence-corrected chi connectivity index (χ0v) is 16.0. The summed E-state index contributed by atoms with van der Waals surface area (Å²) in [6.07, 6.45) is -3.17. The number of benzene rings is 2. The van der Waals surface area contributed by atoms with E-state index < -0.39 is 40.0 Å². The van der Waals surface area contributed by atoms with E-state index in [1.807, 2.05) is 0 Å². The fourth-order valence-corrected chi connectivity index (χ4v) is 4.62. The van der Waals surface area contributed by atoms with E-state index in [2.05, 4.69) is 5.32 Å². The lowest BCUT2D eigenvalue weighted by Crippen LogP contribution is -2.28. The van der Waals surface area contributed by atoms with E-state index in [0.717, 1.165) is 25.0 Å². The second-order valence-corrected chi connectivity index (χ2v) is 8.56. The van der Waals surface area contributed by atoms with Gasteiger partial charge in [0.05, 0.1) is 10.5 Å². The molecule has 1 fully saturated rings. The minimum Gasteiger partial charge on any atom is -0.348 e. The van der Waals surface area contributed by atoms with E-state index in [-0.39, 0.29) is 16.0 Å². The normalized spacial score (nSPS) is 15.4. The molecule has 0 aromatic heterocycles. The molecule has 156 valence electrons. The number of hydrogen-bond acceptors (Lipinski definition) is 3. The molecule has 1 N–H and O–H groups in total. The number of nitrogens with one attached hydrogen (secondary N) is 1. The van der Waals surface area contributed by atoms with Gasteiger partial charge in [0.2, 0.25) is 10.0 Å². The maximum absolute atomic E-state index is 13.1. The lowest BCUT2D eigenvalue weighted by molar-refractivity contribution is -0.138. The average molecular weight is 430 g/mol. The van der Waals surface area contributed by atoms with Gasteiger partial charge in [-0.1, -0.05) is 6.07 Å². The van der Waals surface area contributed by atoms with Gasteiger partial charge in [-0.25, -0.2) is 12.8 Å². The van der Waals surface area contributed by atoms with E-state index >= 15 is 0 Å². The van der Waals surface area contributed by atoms with E-state index in [1.54, 1.807) is 0 Å². The number of rotatable bonds is 5. The lowest BCUT2D eigenvalue weighted by Gasteiger charge is -2.16. The maximum Gasteiger partial charge on any atom is 0.416 e. The van der Waals surface area contributed by atoms with Crippen molar-refractivity contribution in [2.24, 2.45) is 0 Å². The van der Waals surface area contributed by atoms with Gasteiger partial charge >= 0.3 is 6.18 Å². The number of alkyl halides is 3. The molecule has 0 saturated carbocycles. The van der Waals surface area contributed by atoms with Gasteiger partial charge in [0.1, 0.15) is 5.82 Å². The van der Waals surface area contributed by atoms with Crippen LogP contribution in [-0.4, -0.2) is 31.7 Å². The standard InChI is InChI=1S/C19H18F4N2O3S/c20-15-6-3-14(17(11-15)19(21,22)23)12-24-18(26)13-4-7-16(8-5-13)29(27,28)25-9-1-2-10-25/h3-8,11H,1-2,9-10,12H2,(H,24,26). The summed E-state index contributed by atoms with van der Waals surface area (Å²) in [7, 11) is -3.62. The second-order valence-electron chi connectivity index (χ2n) is 6.62. The van der Waals surface area contributed by atoms with Crippen LogP contribution < -0.4 is 5.32 Å². The minimum atomic E-state index is -4.76. The highest BCUT2D eigenvalue weighted by atomic mass is 32.2. The Balaban J connectivity index is 1.71. The Hall–Kier alpha value is -2.46. The fraction of sp³-hybridized carbons (Fsp3) is 0.316. The van der Waals surface area contributed by atoms with Gasteiger partial charge in [-0.2, -0.15) is 17.5 Å². The number of halogens is 4. The first-order chi connectivity index (χ1) is 13.6. The molecule has 1 heterocycles. The van der Waals surface area contributed by atoms with Gasteiger partial charge in [-0.05, 0) is 54.8 Å². The predicted octanol–water partition coefficient (Wildman–Crippen LogP) is 3.56. The van der Waals surface area contributed by atoms with Gasteiger partial charge in [-0.15, -0.1) is 0 Å². The van der Waals surface area contributed by atoms with E-state index in [9.17, 15) is 30.8 Å². The molecular formula is C19H18F4N2O3S. The first-order valence-electron chi connectivity index (χ1n) is 8.83. The minimum absolute atomic E-state index is 0.0499. The number of hydrogen-bond donors (Lipinski definition) is 1. The maximum atomic E-state index is 13.1. The highest BCUT2D eigenvalue weighted by Crippen LogP contribution is 2.32. The van der Waals surface area contributed by atoms with Gasteiger partial charge in [0.25, 0.3) is 5.91 Å². The smallest absolute Gasteiger partial charge is 0.348 e. The van der Waals surface area contributed by atoms with Gasteiger partial charge in [-0.3, -0.25) is 4.79 Å². The van der Waals surface area contributed by atoms with Crippen LogP contribution in [0.25, 0.3) is 0 Å². The SMILES string of the molecule is O=C(NCc1ccc(F)cc1C(F)(F)F)c1ccc(S(=O)(=O)N2CCCC2)cc1. The van der Waals surface area contributed by atoms with E-state index in [4.69, 9.17) is 0 Å². The summed E-state index contributed by atoms with van der Waals surface area (Å²) in [4.78, 5) is 12.3. The molecule has 1 aliphatic rings. The third-order valence-corrected chi connectivity index (χ3v) is 6.55. The van der Waals surface area contributed by atoms with Crippen LogP contribution in [-0.2, 0) is 22.7 Å². The Labute approximate surface area is 165 Å². The molecule has 0 spiro atoms. The number of carbonyl (C=O) groups excluding carboxylic acids is 1. The molecule has 1 saturated heterocycles. The van der Waals surface area contributed by atoms with Crippen molar-refractivity contribution in [1.82, 2.24) is 9.62 Å². The number of sulfonamides is 1. The summed E-state index contributed by atoms with van der Waals surface area (Å²) in [6.45, 7) is 0.440. The topological polar surface area (TPSA) is 66.5 Å². The van der Waals surface area contributed by atoms with Crippen LogP contribution in [0.2, 0.25) is 0 Å². The Morgan fingerprint density at radius 3 is 2.24 bits per heavy atom. The van der Waals surface area contributed by atoms with Crippen LogP contribution in [0, 0.1) is 5.82 Å². The molecule has 3 rings (SSSR count). The summed E-state index contributed by atoms with van der Waals surface area (Å²) in [5.41, 5.74) is -1.34. The van der Waals surface area contributed by atoms with Gasteiger partial charge in [0, 0.05) is 25.2 Å². The Kier molecular flexibility index (Phi) is 5.95. The zero-order valence-electron chi connectivity index (χ0n) is 15.2. The lowest BCUT2D eigenvalue weighted by atomic mass is 10.1. The third kappa shape index (κ3) is 4.76. The van der Waals surface area contributed by atoms with Crippen LogP contribution >= 0.6 is 0 Å². The molecule has 0 radical (unpaired) electrons. The van der Waals surface area contributed by atoms with Gasteiger partial charge in [0.15, 0.2) is 0 Å². The largest absolute Gasteiger partial charge is 0.416 e. The van der Waals surface area contributed by atoms with Crippen LogP contribution in [0.3, 0.4) is 0 Å². The molecule has 2 aromatic carbocycles. The van der Waals surface area contributed by atoms with E-state index in [1.165, 1.54) is 28.6 Å². The molecule has 0 bridgehead atoms. The van der Waals surface area contributed by atoms with Gasteiger partial charge < -0.3 is 5.32 Å². The van der Waals surface area contributed by atoms with Crippen LogP contribution in [0.4, 0.5) is 17.6 Å². The summed E-state index contributed by atoms with van der Waals surface area (Å²) in [5, 5.41) is 2.34. The molecule has 0 unspecified atom stereocenters. The quantitative estimate of drug-likeness (QED) is 0.738. The predicted molar refractivity (Wildman–Crippen MR) is 97.0 cm³/mol. The second kappa shape index (κ2) is 8.11. The molecule has 0 aliphatic carbocycles. The number of amides is 1. The summed E-state index contributed by atoms with van der Waals surface area (Å²) >= 11 is 0. The van der Waals surface area contributed by atoms with Crippen molar-refractivity contribution in [3.63, 3.8) is 0 Å². The Bertz CT molecular complexity index is 999. The molecule has 0 atom stereocenters. The Morgan fingerprint density at radius 1 is 1.03 bits per heavy atom. The van der Waals surface area contributed by atoms with E-state index in [0.29, 0.717) is 19.2 Å². The van der Waals surface area contributed by atoms with Crippen molar-refractivity contribution < 1.29 is 30.8 Å². The number of carbonyl (C=O) groups is 1. The van der Waals surface area contributed by atoms with Crippen LogP contribution in [0.5, 0.6) is 0 Å². The highest BCUT2D eigenvalue weighted by Gasteiger charge is 2.33. The first-order valence-corrected chi connectivity index (χ1v) is 10.3. The average Bonchev–Trinajstić information content (AvgIpc) is 3.22. The zero-order chi connectivity index (χ0) is 21.2. The van der Waals surface area contributed by atoms with Crippen molar-refractivity contribution >= 4 is 15.9 Å². The molecule has 5 nitrogen and oxygen atoms in total. The summed E-state index contributed by atoms with van der Waals surface area (Å²) in [6, 6.07) is 7.41. The van der Waals surface area contributed by atoms with Crippen molar-refractivity contribution in [1.29, 1.82) is 0 Å². The Morgan fingerprint density at radius 2 is 1.66 bits per heavy atom. The summed E-state index contributed by atoms with van der Waals surface area (Å²) in [5.74, 6) is -1.70. The van der Waals surface area contributed by atoms with Crippen molar-refractivity contribution in [2.45, 2.75) is 30.5 Å². The molecule has 2 aromatic rings. The highest BCUT2D eigenvalue weighted by molar-refractivity contribution is 7.89. The first kappa shape index (κ1) is 21.3. The molecule has 10 heteroatoms. The van der Waals surface area contributed by atoms with Crippen LogP contribution in [0.1, 0.15) is 34.3 Å². The molecular weight excluding hydrogens is 412 g/mol. The number of nitrogens with zero attached hydrogens (tertiary/aromatic N) is 1. The van der Waals surface area contributed by atoms with Crippen molar-refractivity contribution in [3.8, 4) is 0 Å². The third-order valence-electron chi connectivity index (χ3n) is 4.64. The fourth-order valence-electron chi connectivity index (χ4n) is 3.10. The molecule has 1 amide bonds. The molecule has 29 heavy (non-hydrogen) atoms.